The first kappa shape index (κ1) is 34.9. The smallest absolute Gasteiger partial charge is 0.319 e. The molecule has 6 heterocycles. The SMILES string of the molecule is CS(=O)(=O)N1CC1C(=O)NCCN1CCOc2c(Cl)c(-c3ccc(F)c4sc(N)c(C#N)c34)c(F)c3nc(OC[C@@]45CCCN4C[C@H](F)C5)nc1c23. The monoisotopic (exact) mass is 776 g/mol. The lowest BCUT2D eigenvalue weighted by molar-refractivity contribution is -0.120. The fraction of sp³-hybridized carbons (Fsp3) is 0.455. The van der Waals surface area contributed by atoms with Gasteiger partial charge >= 0.3 is 6.01 Å². The number of amides is 1. The van der Waals surface area contributed by atoms with Crippen LogP contribution in [-0.4, -0.2) is 110 Å². The number of rotatable bonds is 9. The van der Waals surface area contributed by atoms with E-state index < -0.39 is 45.3 Å². The maximum Gasteiger partial charge on any atom is 0.319 e. The van der Waals surface area contributed by atoms with Crippen LogP contribution in [0, 0.1) is 23.0 Å². The van der Waals surface area contributed by atoms with E-state index in [0.717, 1.165) is 47.4 Å². The third kappa shape index (κ3) is 5.73. The highest BCUT2D eigenvalue weighted by Gasteiger charge is 2.50. The van der Waals surface area contributed by atoms with Crippen molar-refractivity contribution in [3.63, 3.8) is 0 Å². The van der Waals surface area contributed by atoms with Crippen LogP contribution in [0.2, 0.25) is 5.02 Å². The maximum atomic E-state index is 17.2. The second kappa shape index (κ2) is 12.8. The van der Waals surface area contributed by atoms with Crippen molar-refractivity contribution in [3.05, 3.63) is 34.4 Å². The lowest BCUT2D eigenvalue weighted by Crippen LogP contribution is -2.43. The van der Waals surface area contributed by atoms with E-state index in [4.69, 9.17) is 31.8 Å². The number of nitrogens with one attached hydrogen (secondary N) is 1. The van der Waals surface area contributed by atoms with Crippen LogP contribution in [0.5, 0.6) is 11.8 Å². The predicted octanol–water partition coefficient (Wildman–Crippen LogP) is 3.81. The Bertz CT molecular complexity index is 2320. The van der Waals surface area contributed by atoms with Crippen LogP contribution >= 0.6 is 22.9 Å². The van der Waals surface area contributed by atoms with Crippen molar-refractivity contribution in [3.8, 4) is 29.0 Å². The molecule has 0 radical (unpaired) electrons. The fourth-order valence-electron chi connectivity index (χ4n) is 7.77. The van der Waals surface area contributed by atoms with Crippen LogP contribution in [0.4, 0.5) is 24.0 Å². The Morgan fingerprint density at radius 2 is 2.08 bits per heavy atom. The first-order valence-corrected chi connectivity index (χ1v) is 19.6. The molecule has 13 nitrogen and oxygen atoms in total. The highest BCUT2D eigenvalue weighted by Crippen LogP contribution is 2.51. The standard InChI is InChI=1S/C33H32ClF3N8O5S2/c1-52(47,48)45-14-20(45)31(46)40-6-8-43-9-10-49-27-23-26(41-32(42-30(23)43)50-15-33-5-2-7-44(33)13-16(35)11-33)25(37)22(24(27)34)17-3-4-19(36)28-21(17)18(12-38)29(39)51-28/h3-4,16,20H,2,5-11,13-15,39H2,1H3,(H,40,46)/t16-,20?,33+,45?/m1/s1. The quantitative estimate of drug-likeness (QED) is 0.238. The highest BCUT2D eigenvalue weighted by molar-refractivity contribution is 7.88. The van der Waals surface area contributed by atoms with E-state index in [1.807, 2.05) is 6.07 Å². The number of fused-ring (bicyclic) bond motifs is 2. The van der Waals surface area contributed by atoms with E-state index in [9.17, 15) is 27.3 Å². The number of hydrogen-bond donors (Lipinski definition) is 2. The number of carbonyl (C=O) groups excluding carboxylic acids is 1. The molecule has 0 aliphatic carbocycles. The lowest BCUT2D eigenvalue weighted by Gasteiger charge is -2.31. The van der Waals surface area contributed by atoms with E-state index in [0.29, 0.717) is 6.54 Å². The summed E-state index contributed by atoms with van der Waals surface area (Å²) < 4.78 is 83.8. The van der Waals surface area contributed by atoms with E-state index in [1.54, 1.807) is 4.90 Å². The van der Waals surface area contributed by atoms with E-state index in [2.05, 4.69) is 15.2 Å². The van der Waals surface area contributed by atoms with Crippen molar-refractivity contribution in [2.45, 2.75) is 37.0 Å². The van der Waals surface area contributed by atoms with Gasteiger partial charge < -0.3 is 25.4 Å². The van der Waals surface area contributed by atoms with Crippen LogP contribution in [0.15, 0.2) is 12.1 Å². The van der Waals surface area contributed by atoms with Crippen molar-refractivity contribution in [2.75, 3.05) is 69.4 Å². The van der Waals surface area contributed by atoms with Gasteiger partial charge in [-0.2, -0.15) is 19.5 Å². The summed E-state index contributed by atoms with van der Waals surface area (Å²) in [4.78, 5) is 25.7. The number of nitriles is 1. The van der Waals surface area contributed by atoms with Crippen LogP contribution in [-0.2, 0) is 14.8 Å². The predicted molar refractivity (Wildman–Crippen MR) is 189 cm³/mol. The molecule has 3 fully saturated rings. The zero-order valence-electron chi connectivity index (χ0n) is 27.7. The van der Waals surface area contributed by atoms with Gasteiger partial charge in [0.15, 0.2) is 11.6 Å². The molecule has 4 atom stereocenters. The van der Waals surface area contributed by atoms with Crippen molar-refractivity contribution in [1.29, 1.82) is 5.26 Å². The molecule has 3 saturated heterocycles. The molecular weight excluding hydrogens is 745 g/mol. The molecule has 0 saturated carbocycles. The molecule has 0 bridgehead atoms. The number of nitrogens with two attached hydrogens (primary N) is 1. The Hall–Kier alpha value is -4.15. The molecular formula is C33H32ClF3N8O5S2. The summed E-state index contributed by atoms with van der Waals surface area (Å²) in [6, 6.07) is 3.50. The number of alkyl halides is 1. The van der Waals surface area contributed by atoms with E-state index >= 15 is 4.39 Å². The number of anilines is 2. The number of ether oxygens (including phenoxy) is 2. The molecule has 4 aliphatic rings. The van der Waals surface area contributed by atoms with Gasteiger partial charge in [0, 0.05) is 43.5 Å². The van der Waals surface area contributed by atoms with Gasteiger partial charge in [0.25, 0.3) is 0 Å². The molecule has 8 rings (SSSR count). The molecule has 19 heteroatoms. The summed E-state index contributed by atoms with van der Waals surface area (Å²) in [5.41, 5.74) is 5.21. The van der Waals surface area contributed by atoms with Crippen molar-refractivity contribution < 1.29 is 35.9 Å². The number of halogens is 4. The third-order valence-electron chi connectivity index (χ3n) is 10.3. The summed E-state index contributed by atoms with van der Waals surface area (Å²) in [5, 5.41) is 12.8. The maximum absolute atomic E-state index is 17.2. The number of hydrogen-bond acceptors (Lipinski definition) is 12. The molecule has 2 aromatic carbocycles. The number of nitrogen functional groups attached to an aromatic ring is 1. The highest BCUT2D eigenvalue weighted by atomic mass is 35.5. The molecule has 4 aliphatic heterocycles. The minimum absolute atomic E-state index is 0.0218. The first-order valence-electron chi connectivity index (χ1n) is 16.6. The molecule has 274 valence electrons. The van der Waals surface area contributed by atoms with Crippen LogP contribution in [0.3, 0.4) is 0 Å². The summed E-state index contributed by atoms with van der Waals surface area (Å²) >= 11 is 7.83. The van der Waals surface area contributed by atoms with Gasteiger partial charge in [0.2, 0.25) is 15.9 Å². The molecule has 2 aromatic heterocycles. The zero-order valence-corrected chi connectivity index (χ0v) is 30.1. The number of aromatic nitrogens is 2. The fourth-order valence-corrected chi connectivity index (χ4v) is 10.0. The number of benzene rings is 2. The summed E-state index contributed by atoms with van der Waals surface area (Å²) in [6.07, 6.45) is 1.91. The number of carbonyl (C=O) groups is 1. The van der Waals surface area contributed by atoms with Crippen LogP contribution in [0.1, 0.15) is 24.8 Å². The van der Waals surface area contributed by atoms with E-state index in [1.165, 1.54) is 6.07 Å². The summed E-state index contributed by atoms with van der Waals surface area (Å²) in [7, 11) is -3.51. The minimum Gasteiger partial charge on any atom is -0.489 e. The lowest BCUT2D eigenvalue weighted by atomic mass is 9.95. The summed E-state index contributed by atoms with van der Waals surface area (Å²) in [5.74, 6) is -1.74. The Balaban J connectivity index is 1.22. The number of sulfonamides is 1. The average molecular weight is 777 g/mol. The zero-order chi connectivity index (χ0) is 36.7. The van der Waals surface area contributed by atoms with Crippen molar-refractivity contribution >= 4 is 70.7 Å². The minimum atomic E-state index is -3.51. The van der Waals surface area contributed by atoms with Crippen LogP contribution < -0.4 is 25.4 Å². The molecule has 3 N–H and O–H groups in total. The number of nitrogens with zero attached hydrogens (tertiary/aromatic N) is 6. The van der Waals surface area contributed by atoms with Gasteiger partial charge in [-0.3, -0.25) is 9.69 Å². The van der Waals surface area contributed by atoms with Gasteiger partial charge in [-0.25, -0.2) is 21.6 Å². The Labute approximate surface area is 305 Å². The van der Waals surface area contributed by atoms with Gasteiger partial charge in [-0.15, -0.1) is 11.3 Å². The van der Waals surface area contributed by atoms with Gasteiger partial charge in [0.05, 0.1) is 39.0 Å². The topological polar surface area (TPSA) is 167 Å². The Morgan fingerprint density at radius 1 is 1.27 bits per heavy atom. The third-order valence-corrected chi connectivity index (χ3v) is 12.9. The molecule has 0 spiro atoms. The molecule has 1 amide bonds. The molecule has 4 aromatic rings. The molecule has 2 unspecified atom stereocenters. The average Bonchev–Trinajstić information content (AvgIpc) is 3.68. The number of thiophene rings is 1. The largest absolute Gasteiger partial charge is 0.489 e. The molecule has 52 heavy (non-hydrogen) atoms. The second-order valence-electron chi connectivity index (χ2n) is 13.5. The normalized spacial score (nSPS) is 24.1. The first-order chi connectivity index (χ1) is 24.8. The van der Waals surface area contributed by atoms with Crippen molar-refractivity contribution in [2.24, 2.45) is 0 Å². The van der Waals surface area contributed by atoms with Gasteiger partial charge in [-0.1, -0.05) is 17.7 Å². The van der Waals surface area contributed by atoms with Crippen molar-refractivity contribution in [1.82, 2.24) is 24.5 Å². The van der Waals surface area contributed by atoms with Crippen LogP contribution in [0.25, 0.3) is 32.1 Å². The van der Waals surface area contributed by atoms with Gasteiger partial charge in [0.1, 0.15) is 53.6 Å². The second-order valence-corrected chi connectivity index (χ2v) is 16.8. The summed E-state index contributed by atoms with van der Waals surface area (Å²) in [6.45, 7) is 1.70. The Kier molecular flexibility index (Phi) is 8.57. The van der Waals surface area contributed by atoms with E-state index in [-0.39, 0.29) is 111 Å². The van der Waals surface area contributed by atoms with Gasteiger partial charge in [-0.05, 0) is 31.0 Å². The Morgan fingerprint density at radius 3 is 2.83 bits per heavy atom.